The second-order valence-corrected chi connectivity index (χ2v) is 5.78. The zero-order valence-corrected chi connectivity index (χ0v) is 13.9. The molecule has 2 N–H and O–H groups in total. The fraction of sp³-hybridized carbons (Fsp3) is 0.133. The van der Waals surface area contributed by atoms with E-state index in [9.17, 15) is 31.1 Å². The molecular weight excluding hydrogens is 409 g/mol. The van der Waals surface area contributed by atoms with Gasteiger partial charge in [0.25, 0.3) is 0 Å². The predicted octanol–water partition coefficient (Wildman–Crippen LogP) is 6.68. The van der Waals surface area contributed by atoms with E-state index in [0.29, 0.717) is 12.1 Å². The Morgan fingerprint density at radius 2 is 1.08 bits per heavy atom. The number of carbonyl (C=O) groups excluding carboxylic acids is 1. The minimum atomic E-state index is -4.64. The van der Waals surface area contributed by atoms with Crippen LogP contribution in [0.2, 0.25) is 10.0 Å². The molecule has 26 heavy (non-hydrogen) atoms. The first-order chi connectivity index (χ1) is 11.9. The van der Waals surface area contributed by atoms with Gasteiger partial charge in [-0.05, 0) is 36.4 Å². The molecule has 2 aromatic carbocycles. The van der Waals surface area contributed by atoms with Gasteiger partial charge in [0.2, 0.25) is 0 Å². The molecule has 0 aliphatic carbocycles. The molecule has 0 heterocycles. The van der Waals surface area contributed by atoms with Gasteiger partial charge in [-0.3, -0.25) is 0 Å². The highest BCUT2D eigenvalue weighted by molar-refractivity contribution is 6.32. The fourth-order valence-corrected chi connectivity index (χ4v) is 2.51. The molecule has 2 aromatic rings. The Bertz CT molecular complexity index is 768. The molecule has 2 amide bonds. The van der Waals surface area contributed by atoms with Crippen LogP contribution in [0.5, 0.6) is 0 Å². The zero-order chi connectivity index (χ0) is 19.7. The highest BCUT2D eigenvalue weighted by Gasteiger charge is 2.34. The Hall–Kier alpha value is -2.13. The third kappa shape index (κ3) is 4.95. The molecule has 0 saturated heterocycles. The summed E-state index contributed by atoms with van der Waals surface area (Å²) in [7, 11) is 0. The van der Waals surface area contributed by atoms with E-state index < -0.39 is 39.6 Å². The Labute approximate surface area is 152 Å². The molecule has 140 valence electrons. The molecule has 0 fully saturated rings. The van der Waals surface area contributed by atoms with Gasteiger partial charge in [0.05, 0.1) is 21.2 Å². The smallest absolute Gasteiger partial charge is 0.308 e. The first-order valence-corrected chi connectivity index (χ1v) is 7.45. The van der Waals surface area contributed by atoms with Gasteiger partial charge in [-0.2, -0.15) is 26.3 Å². The number of amides is 2. The molecular formula is C15H8Cl2F6N2O. The van der Waals surface area contributed by atoms with Gasteiger partial charge in [-0.25, -0.2) is 4.79 Å². The van der Waals surface area contributed by atoms with Gasteiger partial charge >= 0.3 is 18.4 Å². The number of carbonyl (C=O) groups is 1. The molecule has 0 aliphatic heterocycles. The molecule has 0 bridgehead atoms. The lowest BCUT2D eigenvalue weighted by Gasteiger charge is -2.13. The molecule has 0 aliphatic rings. The van der Waals surface area contributed by atoms with Crippen molar-refractivity contribution in [2.75, 3.05) is 10.6 Å². The number of nitrogens with one attached hydrogen (secondary N) is 2. The van der Waals surface area contributed by atoms with Crippen LogP contribution in [0.15, 0.2) is 36.4 Å². The summed E-state index contributed by atoms with van der Waals surface area (Å²) in [5.41, 5.74) is -2.23. The van der Waals surface area contributed by atoms with Crippen LogP contribution in [0.1, 0.15) is 11.1 Å². The number of hydrogen-bond acceptors (Lipinski definition) is 1. The number of halogens is 8. The van der Waals surface area contributed by atoms with Crippen LogP contribution in [0.25, 0.3) is 0 Å². The van der Waals surface area contributed by atoms with Crippen LogP contribution in [0.3, 0.4) is 0 Å². The van der Waals surface area contributed by atoms with Crippen LogP contribution in [0.4, 0.5) is 42.5 Å². The molecule has 0 atom stereocenters. The van der Waals surface area contributed by atoms with Gasteiger partial charge in [-0.1, -0.05) is 23.2 Å². The Kier molecular flexibility index (Phi) is 5.62. The summed E-state index contributed by atoms with van der Waals surface area (Å²) < 4.78 is 75.6. The van der Waals surface area contributed by atoms with Crippen LogP contribution in [-0.4, -0.2) is 6.03 Å². The third-order valence-electron chi connectivity index (χ3n) is 3.06. The van der Waals surface area contributed by atoms with E-state index in [0.717, 1.165) is 24.3 Å². The van der Waals surface area contributed by atoms with E-state index in [4.69, 9.17) is 23.2 Å². The van der Waals surface area contributed by atoms with Gasteiger partial charge in [0, 0.05) is 11.4 Å². The molecule has 0 saturated carbocycles. The van der Waals surface area contributed by atoms with Crippen LogP contribution in [-0.2, 0) is 12.4 Å². The maximum Gasteiger partial charge on any atom is 0.417 e. The molecule has 11 heteroatoms. The van der Waals surface area contributed by atoms with Gasteiger partial charge < -0.3 is 10.6 Å². The van der Waals surface area contributed by atoms with Crippen molar-refractivity contribution in [2.45, 2.75) is 12.4 Å². The van der Waals surface area contributed by atoms with E-state index in [1.807, 2.05) is 0 Å². The summed E-state index contributed by atoms with van der Waals surface area (Å²) in [6.45, 7) is 0. The molecule has 0 spiro atoms. The maximum absolute atomic E-state index is 12.6. The first-order valence-electron chi connectivity index (χ1n) is 6.69. The monoisotopic (exact) mass is 416 g/mol. The average Bonchev–Trinajstić information content (AvgIpc) is 2.44. The van der Waals surface area contributed by atoms with Crippen molar-refractivity contribution in [3.63, 3.8) is 0 Å². The molecule has 2 rings (SSSR count). The summed E-state index contributed by atoms with van der Waals surface area (Å²) in [4.78, 5) is 11.8. The Morgan fingerprint density at radius 3 is 1.35 bits per heavy atom. The number of hydrogen-bond donors (Lipinski definition) is 2. The zero-order valence-electron chi connectivity index (χ0n) is 12.4. The summed E-state index contributed by atoms with van der Waals surface area (Å²) >= 11 is 11.0. The number of urea groups is 1. The lowest BCUT2D eigenvalue weighted by atomic mass is 10.2. The van der Waals surface area contributed by atoms with E-state index in [1.165, 1.54) is 0 Å². The van der Waals surface area contributed by atoms with Crippen LogP contribution >= 0.6 is 23.2 Å². The quantitative estimate of drug-likeness (QED) is 0.527. The predicted molar refractivity (Wildman–Crippen MR) is 85.5 cm³/mol. The minimum Gasteiger partial charge on any atom is -0.308 e. The van der Waals surface area contributed by atoms with Crippen molar-refractivity contribution in [2.24, 2.45) is 0 Å². The maximum atomic E-state index is 12.6. The SMILES string of the molecule is O=C(Nc1ccc(C(F)(F)F)c(Cl)c1)Nc1ccc(C(F)(F)F)c(Cl)c1. The third-order valence-corrected chi connectivity index (χ3v) is 3.69. The van der Waals surface area contributed by atoms with Crippen molar-refractivity contribution >= 4 is 40.6 Å². The lowest BCUT2D eigenvalue weighted by molar-refractivity contribution is -0.138. The van der Waals surface area contributed by atoms with E-state index in [2.05, 4.69) is 10.6 Å². The standard InChI is InChI=1S/C15H8Cl2F6N2O/c16-11-5-7(1-3-9(11)14(18,19)20)24-13(26)25-8-2-4-10(12(17)6-8)15(21,22)23/h1-6H,(H2,24,25,26). The summed E-state index contributed by atoms with van der Waals surface area (Å²) in [6.07, 6.45) is -9.29. The van der Waals surface area contributed by atoms with Crippen LogP contribution in [0, 0.1) is 0 Å². The van der Waals surface area contributed by atoms with Crippen molar-refractivity contribution in [3.05, 3.63) is 57.6 Å². The van der Waals surface area contributed by atoms with Gasteiger partial charge in [0.15, 0.2) is 0 Å². The van der Waals surface area contributed by atoms with Crippen LogP contribution < -0.4 is 10.6 Å². The number of anilines is 2. The normalized spacial score (nSPS) is 12.0. The second kappa shape index (κ2) is 7.24. The van der Waals surface area contributed by atoms with Crippen molar-refractivity contribution in [1.29, 1.82) is 0 Å². The summed E-state index contributed by atoms with van der Waals surface area (Å²) in [5, 5.41) is 3.18. The highest BCUT2D eigenvalue weighted by atomic mass is 35.5. The van der Waals surface area contributed by atoms with E-state index >= 15 is 0 Å². The van der Waals surface area contributed by atoms with Gasteiger partial charge in [-0.15, -0.1) is 0 Å². The van der Waals surface area contributed by atoms with Crippen molar-refractivity contribution in [3.8, 4) is 0 Å². The first kappa shape index (κ1) is 20.2. The minimum absolute atomic E-state index is 0.0430. The molecule has 0 unspecified atom stereocenters. The average molecular weight is 417 g/mol. The number of alkyl halides is 6. The highest BCUT2D eigenvalue weighted by Crippen LogP contribution is 2.37. The van der Waals surface area contributed by atoms with E-state index in [1.54, 1.807) is 0 Å². The molecule has 3 nitrogen and oxygen atoms in total. The number of benzene rings is 2. The lowest BCUT2D eigenvalue weighted by Crippen LogP contribution is -2.20. The summed E-state index contributed by atoms with van der Waals surface area (Å²) in [5.74, 6) is 0. The molecule has 0 radical (unpaired) electrons. The van der Waals surface area contributed by atoms with Gasteiger partial charge in [0.1, 0.15) is 0 Å². The van der Waals surface area contributed by atoms with Crippen molar-refractivity contribution in [1.82, 2.24) is 0 Å². The second-order valence-electron chi connectivity index (χ2n) is 4.96. The fourth-order valence-electron chi connectivity index (χ4n) is 1.94. The largest absolute Gasteiger partial charge is 0.417 e. The van der Waals surface area contributed by atoms with E-state index in [-0.39, 0.29) is 11.4 Å². The Balaban J connectivity index is 2.10. The number of rotatable bonds is 2. The Morgan fingerprint density at radius 1 is 0.731 bits per heavy atom. The molecule has 0 aromatic heterocycles. The summed E-state index contributed by atoms with van der Waals surface area (Å²) in [6, 6.07) is 4.21. The van der Waals surface area contributed by atoms with Crippen molar-refractivity contribution < 1.29 is 31.1 Å². The topological polar surface area (TPSA) is 41.1 Å².